The molecule has 0 aromatic rings. The molecule has 0 fully saturated rings. The van der Waals surface area contributed by atoms with Gasteiger partial charge in [-0.05, 0) is 6.08 Å². The summed E-state index contributed by atoms with van der Waals surface area (Å²) in [6, 6.07) is 0. The van der Waals surface area contributed by atoms with Gasteiger partial charge in [0, 0.05) is 25.8 Å². The first-order chi connectivity index (χ1) is 9.65. The monoisotopic (exact) mass is 356 g/mol. The Morgan fingerprint density at radius 2 is 1.45 bits per heavy atom. The van der Waals surface area contributed by atoms with Gasteiger partial charge in [0.25, 0.3) is 0 Å². The van der Waals surface area contributed by atoms with Gasteiger partial charge in [0.1, 0.15) is 44.8 Å². The van der Waals surface area contributed by atoms with Crippen molar-refractivity contribution in [3.05, 3.63) is 10.6 Å². The van der Waals surface area contributed by atoms with Crippen LogP contribution in [-0.2, 0) is 28.4 Å². The van der Waals surface area contributed by atoms with Crippen molar-refractivity contribution in [2.75, 3.05) is 41.7 Å². The molecule has 1 rings (SSSR count). The molecule has 20 heavy (non-hydrogen) atoms. The van der Waals surface area contributed by atoms with E-state index in [1.54, 1.807) is 6.08 Å². The third kappa shape index (κ3) is 5.05. The van der Waals surface area contributed by atoms with E-state index in [4.69, 9.17) is 28.4 Å². The van der Waals surface area contributed by atoms with Crippen molar-refractivity contribution in [3.63, 3.8) is 0 Å². The molecule has 1 aliphatic rings. The van der Waals surface area contributed by atoms with Crippen LogP contribution in [0.25, 0.3) is 0 Å². The number of rotatable bonds is 9. The summed E-state index contributed by atoms with van der Waals surface area (Å²) in [7, 11) is 4.55. The third-order valence-electron chi connectivity index (χ3n) is 2.70. The first kappa shape index (κ1) is 18.0. The minimum atomic E-state index is -0.866. The van der Waals surface area contributed by atoms with Gasteiger partial charge in [-0.15, -0.1) is 0 Å². The van der Waals surface area contributed by atoms with Crippen LogP contribution in [0, 0.1) is 0 Å². The van der Waals surface area contributed by atoms with Crippen LogP contribution in [0.4, 0.5) is 0 Å². The van der Waals surface area contributed by atoms with E-state index in [-0.39, 0.29) is 20.4 Å². The fourth-order valence-corrected chi connectivity index (χ4v) is 2.35. The molecule has 0 aromatic heterocycles. The Morgan fingerprint density at radius 3 is 2.00 bits per heavy atom. The smallest absolute Gasteiger partial charge is 0.147 e. The molecule has 0 unspecified atom stereocenters. The van der Waals surface area contributed by atoms with Crippen LogP contribution in [0.3, 0.4) is 0 Å². The molecule has 1 N–H and O–H groups in total. The molecular weight excluding hydrogens is 336 g/mol. The molecule has 0 radical (unpaired) electrons. The zero-order chi connectivity index (χ0) is 15.0. The Labute approximate surface area is 126 Å². The van der Waals surface area contributed by atoms with Gasteiger partial charge in [-0.1, -0.05) is 15.9 Å². The maximum absolute atomic E-state index is 10.2. The Balaban J connectivity index is 2.82. The van der Waals surface area contributed by atoms with Gasteiger partial charge >= 0.3 is 0 Å². The Bertz CT molecular complexity index is 300. The first-order valence-electron chi connectivity index (χ1n) is 6.02. The van der Waals surface area contributed by atoms with Crippen LogP contribution < -0.4 is 0 Å². The Morgan fingerprint density at radius 1 is 0.950 bits per heavy atom. The second-order valence-corrected chi connectivity index (χ2v) is 5.03. The zero-order valence-corrected chi connectivity index (χ0v) is 13.4. The quantitative estimate of drug-likeness (QED) is 0.606. The summed E-state index contributed by atoms with van der Waals surface area (Å²) < 4.78 is 31.8. The van der Waals surface area contributed by atoms with Crippen LogP contribution in [0.1, 0.15) is 0 Å². The van der Waals surface area contributed by atoms with E-state index >= 15 is 0 Å². The number of halogens is 1. The summed E-state index contributed by atoms with van der Waals surface area (Å²) in [4.78, 5) is 0. The molecule has 0 saturated carbocycles. The predicted octanol–water partition coefficient (Wildman–Crippen LogP) is 0.607. The number of methoxy groups -OCH3 is 3. The second-order valence-electron chi connectivity index (χ2n) is 4.11. The minimum Gasteiger partial charge on any atom is -0.385 e. The molecule has 7 nitrogen and oxygen atoms in total. The van der Waals surface area contributed by atoms with E-state index in [1.807, 2.05) is 0 Å². The second kappa shape index (κ2) is 9.80. The molecule has 8 heteroatoms. The minimum absolute atomic E-state index is 0.0336. The number of hydrogen-bond donors (Lipinski definition) is 1. The number of aliphatic hydroxyl groups excluding tert-OH is 1. The van der Waals surface area contributed by atoms with E-state index < -0.39 is 24.4 Å². The molecule has 0 saturated heterocycles. The van der Waals surface area contributed by atoms with Gasteiger partial charge in [0.15, 0.2) is 0 Å². The largest absolute Gasteiger partial charge is 0.385 e. The SMILES string of the molecule is COCO[C@H]1[C@H](OCOC)[C@H](OCOC)C=C(Br)[C@H]1O. The maximum atomic E-state index is 10.2. The summed E-state index contributed by atoms with van der Waals surface area (Å²) in [6.07, 6.45) is -0.779. The molecular formula is C12H21BrO7. The molecule has 118 valence electrons. The van der Waals surface area contributed by atoms with E-state index in [9.17, 15) is 5.11 Å². The maximum Gasteiger partial charge on any atom is 0.147 e. The number of ether oxygens (including phenoxy) is 6. The summed E-state index contributed by atoms with van der Waals surface area (Å²) in [6.45, 7) is 0.190. The van der Waals surface area contributed by atoms with Crippen molar-refractivity contribution in [1.29, 1.82) is 0 Å². The van der Waals surface area contributed by atoms with Crippen molar-refractivity contribution >= 4 is 15.9 Å². The van der Waals surface area contributed by atoms with Crippen LogP contribution >= 0.6 is 15.9 Å². The van der Waals surface area contributed by atoms with Gasteiger partial charge in [-0.25, -0.2) is 0 Å². The van der Waals surface area contributed by atoms with E-state index in [1.165, 1.54) is 21.3 Å². The van der Waals surface area contributed by atoms with Crippen molar-refractivity contribution in [1.82, 2.24) is 0 Å². The lowest BCUT2D eigenvalue weighted by atomic mass is 9.95. The highest BCUT2D eigenvalue weighted by atomic mass is 79.9. The summed E-state index contributed by atoms with van der Waals surface area (Å²) in [5.41, 5.74) is 0. The molecule has 0 amide bonds. The molecule has 4 atom stereocenters. The highest BCUT2D eigenvalue weighted by Gasteiger charge is 2.41. The van der Waals surface area contributed by atoms with Crippen molar-refractivity contribution < 1.29 is 33.5 Å². The average molecular weight is 357 g/mol. The van der Waals surface area contributed by atoms with Crippen molar-refractivity contribution in [3.8, 4) is 0 Å². The molecule has 0 bridgehead atoms. The number of aliphatic hydroxyl groups is 1. The molecule has 0 spiro atoms. The average Bonchev–Trinajstić information content (AvgIpc) is 2.45. The normalized spacial score (nSPS) is 30.4. The Kier molecular flexibility index (Phi) is 8.82. The molecule has 0 aliphatic heterocycles. The van der Waals surface area contributed by atoms with Crippen LogP contribution in [0.15, 0.2) is 10.6 Å². The van der Waals surface area contributed by atoms with Crippen LogP contribution in [0.5, 0.6) is 0 Å². The summed E-state index contributed by atoms with van der Waals surface area (Å²) >= 11 is 3.30. The summed E-state index contributed by atoms with van der Waals surface area (Å²) in [5, 5.41) is 10.2. The number of hydrogen-bond acceptors (Lipinski definition) is 7. The lowest BCUT2D eigenvalue weighted by Gasteiger charge is -2.37. The zero-order valence-electron chi connectivity index (χ0n) is 11.8. The highest BCUT2D eigenvalue weighted by Crippen LogP contribution is 2.30. The lowest BCUT2D eigenvalue weighted by Crippen LogP contribution is -2.52. The fourth-order valence-electron chi connectivity index (χ4n) is 1.83. The molecule has 1 aliphatic carbocycles. The van der Waals surface area contributed by atoms with Crippen molar-refractivity contribution in [2.24, 2.45) is 0 Å². The van der Waals surface area contributed by atoms with Gasteiger partial charge in [0.05, 0.1) is 0 Å². The van der Waals surface area contributed by atoms with Gasteiger partial charge in [-0.3, -0.25) is 0 Å². The van der Waals surface area contributed by atoms with E-state index in [0.717, 1.165) is 0 Å². The van der Waals surface area contributed by atoms with Gasteiger partial charge in [0.2, 0.25) is 0 Å². The summed E-state index contributed by atoms with van der Waals surface area (Å²) in [5.74, 6) is 0. The van der Waals surface area contributed by atoms with E-state index in [0.29, 0.717) is 4.48 Å². The lowest BCUT2D eigenvalue weighted by molar-refractivity contribution is -0.217. The van der Waals surface area contributed by atoms with Crippen LogP contribution in [-0.4, -0.2) is 71.2 Å². The van der Waals surface area contributed by atoms with Crippen LogP contribution in [0.2, 0.25) is 0 Å². The molecule has 0 aromatic carbocycles. The topological polar surface area (TPSA) is 75.6 Å². The first-order valence-corrected chi connectivity index (χ1v) is 6.81. The fraction of sp³-hybridized carbons (Fsp3) is 0.833. The van der Waals surface area contributed by atoms with E-state index in [2.05, 4.69) is 15.9 Å². The van der Waals surface area contributed by atoms with Gasteiger partial charge in [-0.2, -0.15) is 0 Å². The van der Waals surface area contributed by atoms with Crippen molar-refractivity contribution in [2.45, 2.75) is 24.4 Å². The Hall–Kier alpha value is -0.0600. The standard InChI is InChI=1S/C12H21BrO7/c1-15-5-18-9-4-8(13)10(14)12(20-7-17-3)11(9)19-6-16-2/h4,9-12,14H,5-7H2,1-3H3/t9-,10-,11-,12-/m1/s1. The third-order valence-corrected chi connectivity index (χ3v) is 3.43. The molecule has 0 heterocycles. The highest BCUT2D eigenvalue weighted by molar-refractivity contribution is 9.11. The predicted molar refractivity (Wildman–Crippen MR) is 73.3 cm³/mol. The van der Waals surface area contributed by atoms with Gasteiger partial charge < -0.3 is 33.5 Å².